The third-order valence-corrected chi connectivity index (χ3v) is 8.85. The van der Waals surface area contributed by atoms with Gasteiger partial charge in [0.05, 0.1) is 16.1 Å². The van der Waals surface area contributed by atoms with Crippen LogP contribution in [0.5, 0.6) is 5.75 Å². The van der Waals surface area contributed by atoms with Gasteiger partial charge in [-0.1, -0.05) is 23.7 Å². The van der Waals surface area contributed by atoms with Crippen LogP contribution in [0.25, 0.3) is 21.3 Å². The highest BCUT2D eigenvalue weighted by molar-refractivity contribution is 7.14. The van der Waals surface area contributed by atoms with E-state index in [-0.39, 0.29) is 5.91 Å². The molecule has 1 saturated heterocycles. The van der Waals surface area contributed by atoms with Crippen molar-refractivity contribution in [1.29, 1.82) is 0 Å². The standard InChI is InChI=1S/C29H28ClN3O2S/c1-18-5-6-22(35-16-21-7-11-33(21)2)15-24(18)28(34)32-29(8-9-29)25-12-19(27-14-20(30)17-36-27)13-26-23(25)4-3-10-31-26/h3-6,10,12-15,17,21H,7-9,11,16H2,1-2H3,(H,32,34)/t21-/m0/s1. The van der Waals surface area contributed by atoms with Crippen LogP contribution in [0.3, 0.4) is 0 Å². The SMILES string of the molecule is Cc1ccc(OC[C@@H]2CCN2C)cc1C(=O)NC1(c2cc(-c3cc(Cl)cs3)cc3ncccc23)CC1. The minimum atomic E-state index is -0.409. The quantitative estimate of drug-likeness (QED) is 0.307. The lowest BCUT2D eigenvalue weighted by molar-refractivity contribution is 0.0767. The Labute approximate surface area is 220 Å². The third kappa shape index (κ3) is 4.38. The van der Waals surface area contributed by atoms with Crippen LogP contribution in [-0.2, 0) is 5.54 Å². The van der Waals surface area contributed by atoms with Crippen molar-refractivity contribution >= 4 is 39.7 Å². The number of nitrogens with one attached hydrogen (secondary N) is 1. The Morgan fingerprint density at radius 2 is 2.11 bits per heavy atom. The van der Waals surface area contributed by atoms with E-state index in [1.54, 1.807) is 11.3 Å². The molecule has 1 N–H and O–H groups in total. The number of fused-ring (bicyclic) bond motifs is 1. The smallest absolute Gasteiger partial charge is 0.252 e. The molecule has 1 saturated carbocycles. The highest BCUT2D eigenvalue weighted by Crippen LogP contribution is 2.49. The van der Waals surface area contributed by atoms with Crippen LogP contribution >= 0.6 is 22.9 Å². The fraction of sp³-hybridized carbons (Fsp3) is 0.310. The maximum absolute atomic E-state index is 13.6. The molecule has 3 heterocycles. The van der Waals surface area contributed by atoms with Crippen LogP contribution < -0.4 is 10.1 Å². The van der Waals surface area contributed by atoms with Crippen molar-refractivity contribution in [2.24, 2.45) is 0 Å². The summed E-state index contributed by atoms with van der Waals surface area (Å²) >= 11 is 7.83. The summed E-state index contributed by atoms with van der Waals surface area (Å²) in [7, 11) is 2.11. The Kier molecular flexibility index (Phi) is 5.98. The molecule has 0 spiro atoms. The fourth-order valence-electron chi connectivity index (χ4n) is 4.96. The van der Waals surface area contributed by atoms with Gasteiger partial charge in [0.2, 0.25) is 0 Å². The molecule has 6 rings (SSSR count). The Hall–Kier alpha value is -2.93. The summed E-state index contributed by atoms with van der Waals surface area (Å²) in [6, 6.07) is 16.6. The lowest BCUT2D eigenvalue weighted by Crippen LogP contribution is -2.48. The van der Waals surface area contributed by atoms with Gasteiger partial charge in [-0.25, -0.2) is 0 Å². The van der Waals surface area contributed by atoms with Gasteiger partial charge in [0.1, 0.15) is 12.4 Å². The van der Waals surface area contributed by atoms with Crippen molar-refractivity contribution in [2.45, 2.75) is 37.8 Å². The van der Waals surface area contributed by atoms with Gasteiger partial charge < -0.3 is 10.1 Å². The molecule has 184 valence electrons. The molecule has 2 aromatic heterocycles. The molecular formula is C29H28ClN3O2S. The van der Waals surface area contributed by atoms with Crippen molar-refractivity contribution in [2.75, 3.05) is 20.2 Å². The van der Waals surface area contributed by atoms with Gasteiger partial charge in [0.25, 0.3) is 5.91 Å². The number of likely N-dealkylation sites (tertiary alicyclic amines) is 1. The zero-order valence-corrected chi connectivity index (χ0v) is 22.0. The molecule has 4 aromatic rings. The summed E-state index contributed by atoms with van der Waals surface area (Å²) in [4.78, 5) is 21.6. The predicted molar refractivity (Wildman–Crippen MR) is 146 cm³/mol. The van der Waals surface area contributed by atoms with Crippen LogP contribution in [0.15, 0.2) is 60.1 Å². The second kappa shape index (κ2) is 9.18. The molecule has 1 atom stereocenters. The van der Waals surface area contributed by atoms with Crippen molar-refractivity contribution in [3.63, 3.8) is 0 Å². The number of aryl methyl sites for hydroxylation is 1. The maximum Gasteiger partial charge on any atom is 0.252 e. The Balaban J connectivity index is 1.30. The van der Waals surface area contributed by atoms with Gasteiger partial charge in [0, 0.05) is 33.4 Å². The molecule has 2 fully saturated rings. The summed E-state index contributed by atoms with van der Waals surface area (Å²) in [6.07, 6.45) is 4.74. The van der Waals surface area contributed by atoms with Crippen LogP contribution in [0.1, 0.15) is 40.7 Å². The van der Waals surface area contributed by atoms with E-state index in [1.807, 2.05) is 48.8 Å². The van der Waals surface area contributed by atoms with Crippen LogP contribution in [0, 0.1) is 6.92 Å². The molecule has 2 aromatic carbocycles. The molecule has 1 aliphatic carbocycles. The molecular weight excluding hydrogens is 490 g/mol. The second-order valence-corrected chi connectivity index (χ2v) is 11.3. The van der Waals surface area contributed by atoms with E-state index in [1.165, 1.54) is 0 Å². The summed E-state index contributed by atoms with van der Waals surface area (Å²) in [5.41, 5.74) is 4.28. The van der Waals surface area contributed by atoms with Gasteiger partial charge >= 0.3 is 0 Å². The fourth-order valence-corrected chi connectivity index (χ4v) is 6.03. The Morgan fingerprint density at radius 1 is 1.25 bits per heavy atom. The molecule has 7 heteroatoms. The normalized spacial score (nSPS) is 18.6. The monoisotopic (exact) mass is 517 g/mol. The van der Waals surface area contributed by atoms with E-state index in [2.05, 4.69) is 40.4 Å². The molecule has 2 aliphatic rings. The van der Waals surface area contributed by atoms with E-state index in [4.69, 9.17) is 16.3 Å². The summed E-state index contributed by atoms with van der Waals surface area (Å²) in [6.45, 7) is 3.73. The topological polar surface area (TPSA) is 54.5 Å². The van der Waals surface area contributed by atoms with Crippen molar-refractivity contribution in [1.82, 2.24) is 15.2 Å². The van der Waals surface area contributed by atoms with Gasteiger partial charge in [-0.15, -0.1) is 11.3 Å². The van der Waals surface area contributed by atoms with E-state index >= 15 is 0 Å². The first-order valence-electron chi connectivity index (χ1n) is 12.3. The number of benzene rings is 2. The number of hydrogen-bond donors (Lipinski definition) is 1. The molecule has 0 bridgehead atoms. The number of likely N-dealkylation sites (N-methyl/N-ethyl adjacent to an activating group) is 1. The van der Waals surface area contributed by atoms with E-state index < -0.39 is 5.54 Å². The highest BCUT2D eigenvalue weighted by Gasteiger charge is 2.47. The number of halogens is 1. The molecule has 1 aliphatic heterocycles. The molecule has 36 heavy (non-hydrogen) atoms. The number of aromatic nitrogens is 1. The number of thiophene rings is 1. The third-order valence-electron chi connectivity index (χ3n) is 7.53. The number of ether oxygens (including phenoxy) is 1. The van der Waals surface area contributed by atoms with Crippen LogP contribution in [0.2, 0.25) is 5.02 Å². The Bertz CT molecular complexity index is 1460. The van der Waals surface area contributed by atoms with Gasteiger partial charge in [-0.2, -0.15) is 0 Å². The van der Waals surface area contributed by atoms with E-state index in [0.717, 1.165) is 69.0 Å². The first-order valence-corrected chi connectivity index (χ1v) is 13.6. The minimum Gasteiger partial charge on any atom is -0.492 e. The van der Waals surface area contributed by atoms with Gasteiger partial charge in [-0.05, 0) is 92.9 Å². The maximum atomic E-state index is 13.6. The summed E-state index contributed by atoms with van der Waals surface area (Å²) in [5, 5.41) is 7.12. The average molecular weight is 518 g/mol. The van der Waals surface area contributed by atoms with Crippen molar-refractivity contribution in [3.8, 4) is 16.2 Å². The van der Waals surface area contributed by atoms with Gasteiger partial charge in [-0.3, -0.25) is 14.7 Å². The summed E-state index contributed by atoms with van der Waals surface area (Å²) in [5.74, 6) is 0.667. The largest absolute Gasteiger partial charge is 0.492 e. The highest BCUT2D eigenvalue weighted by atomic mass is 35.5. The zero-order valence-electron chi connectivity index (χ0n) is 20.4. The van der Waals surface area contributed by atoms with Gasteiger partial charge in [0.15, 0.2) is 0 Å². The lowest BCUT2D eigenvalue weighted by atomic mass is 9.95. The number of nitrogens with zero attached hydrogens (tertiary/aromatic N) is 2. The second-order valence-electron chi connectivity index (χ2n) is 9.97. The minimum absolute atomic E-state index is 0.0715. The number of pyridine rings is 1. The number of hydrogen-bond acceptors (Lipinski definition) is 5. The first-order chi connectivity index (χ1) is 17.4. The molecule has 0 unspecified atom stereocenters. The number of carbonyl (C=O) groups excluding carboxylic acids is 1. The number of amides is 1. The predicted octanol–water partition coefficient (Wildman–Crippen LogP) is 6.43. The van der Waals surface area contributed by atoms with Crippen LogP contribution in [-0.4, -0.2) is 42.0 Å². The number of carbonyl (C=O) groups is 1. The zero-order chi connectivity index (χ0) is 24.9. The van der Waals surface area contributed by atoms with Crippen molar-refractivity contribution in [3.05, 3.63) is 81.8 Å². The lowest BCUT2D eigenvalue weighted by Gasteiger charge is -2.37. The first kappa shape index (κ1) is 23.5. The van der Waals surface area contributed by atoms with E-state index in [9.17, 15) is 4.79 Å². The van der Waals surface area contributed by atoms with Crippen molar-refractivity contribution < 1.29 is 9.53 Å². The molecule has 5 nitrogen and oxygen atoms in total. The summed E-state index contributed by atoms with van der Waals surface area (Å²) < 4.78 is 6.04. The van der Waals surface area contributed by atoms with Crippen LogP contribution in [0.4, 0.5) is 0 Å². The van der Waals surface area contributed by atoms with E-state index in [0.29, 0.717) is 18.2 Å². The average Bonchev–Trinajstić information content (AvgIpc) is 3.52. The Morgan fingerprint density at radius 3 is 2.81 bits per heavy atom. The molecule has 1 amide bonds. The molecule has 0 radical (unpaired) electrons. The number of rotatable bonds is 7.